The first-order chi connectivity index (χ1) is 16.4. The van der Waals surface area contributed by atoms with Gasteiger partial charge in [-0.2, -0.15) is 5.10 Å². The van der Waals surface area contributed by atoms with Crippen LogP contribution in [0.4, 0.5) is 11.4 Å². The van der Waals surface area contributed by atoms with E-state index in [0.717, 1.165) is 9.69 Å². The van der Waals surface area contributed by atoms with Gasteiger partial charge in [0.15, 0.2) is 5.69 Å². The Morgan fingerprint density at radius 3 is 2.47 bits per heavy atom. The summed E-state index contributed by atoms with van der Waals surface area (Å²) in [6, 6.07) is 18.8. The van der Waals surface area contributed by atoms with Crippen LogP contribution in [0.2, 0.25) is 0 Å². The van der Waals surface area contributed by atoms with Gasteiger partial charge in [0.1, 0.15) is 6.54 Å². The molecule has 0 radical (unpaired) electrons. The summed E-state index contributed by atoms with van der Waals surface area (Å²) in [5.41, 5.74) is 1.87. The number of hydrogen-bond donors (Lipinski definition) is 1. The van der Waals surface area contributed by atoms with Crippen molar-refractivity contribution in [1.82, 2.24) is 9.78 Å². The number of nitrogens with zero attached hydrogens (tertiary/aromatic N) is 3. The zero-order valence-electron chi connectivity index (χ0n) is 18.1. The topological polar surface area (TPSA) is 111 Å². The number of esters is 1. The molecule has 0 aliphatic carbocycles. The van der Waals surface area contributed by atoms with Crippen LogP contribution in [-0.4, -0.2) is 43.2 Å². The van der Waals surface area contributed by atoms with Gasteiger partial charge in [0.25, 0.3) is 10.0 Å². The average Bonchev–Trinajstić information content (AvgIpc) is 3.40. The van der Waals surface area contributed by atoms with E-state index in [2.05, 4.69) is 10.4 Å². The molecule has 10 heteroatoms. The van der Waals surface area contributed by atoms with Gasteiger partial charge in [-0.05, 0) is 54.8 Å². The van der Waals surface area contributed by atoms with Crippen LogP contribution in [0.5, 0.6) is 0 Å². The monoisotopic (exact) mass is 476 g/mol. The van der Waals surface area contributed by atoms with Gasteiger partial charge in [0, 0.05) is 17.3 Å². The molecular weight excluding hydrogens is 456 g/mol. The summed E-state index contributed by atoms with van der Waals surface area (Å²) in [5.74, 6) is -0.968. The van der Waals surface area contributed by atoms with E-state index >= 15 is 0 Å². The Labute approximate surface area is 195 Å². The molecule has 5 rings (SSSR count). The van der Waals surface area contributed by atoms with Crippen LogP contribution < -0.4 is 9.62 Å². The third-order valence-corrected chi connectivity index (χ3v) is 7.26. The molecule has 4 aromatic rings. The first-order valence-electron chi connectivity index (χ1n) is 10.6. The maximum absolute atomic E-state index is 13.0. The molecule has 9 nitrogen and oxygen atoms in total. The van der Waals surface area contributed by atoms with E-state index < -0.39 is 21.9 Å². The second-order valence-corrected chi connectivity index (χ2v) is 9.43. The molecule has 34 heavy (non-hydrogen) atoms. The molecule has 0 spiro atoms. The molecule has 1 aliphatic heterocycles. The summed E-state index contributed by atoms with van der Waals surface area (Å²) in [5, 5.41) is 8.36. The number of ether oxygens (including phenoxy) is 1. The van der Waals surface area contributed by atoms with E-state index in [1.165, 1.54) is 4.68 Å². The van der Waals surface area contributed by atoms with Crippen molar-refractivity contribution >= 4 is 44.0 Å². The van der Waals surface area contributed by atoms with Crippen molar-refractivity contribution in [3.05, 3.63) is 78.6 Å². The quantitative estimate of drug-likeness (QED) is 0.427. The Kier molecular flexibility index (Phi) is 5.29. The highest BCUT2D eigenvalue weighted by Crippen LogP contribution is 2.41. The minimum absolute atomic E-state index is 0.196. The zero-order valence-corrected chi connectivity index (χ0v) is 19.0. The summed E-state index contributed by atoms with van der Waals surface area (Å²) < 4.78 is 33.7. The van der Waals surface area contributed by atoms with Crippen LogP contribution in [0.25, 0.3) is 16.5 Å². The first kappa shape index (κ1) is 21.7. The van der Waals surface area contributed by atoms with Gasteiger partial charge in [0.05, 0.1) is 22.9 Å². The maximum Gasteiger partial charge on any atom is 0.358 e. The van der Waals surface area contributed by atoms with Crippen molar-refractivity contribution < 1.29 is 22.7 Å². The fourth-order valence-electron chi connectivity index (χ4n) is 3.94. The van der Waals surface area contributed by atoms with Crippen LogP contribution >= 0.6 is 0 Å². The molecule has 0 unspecified atom stereocenters. The van der Waals surface area contributed by atoms with Crippen LogP contribution in [0.1, 0.15) is 17.4 Å². The number of anilines is 2. The smallest absolute Gasteiger partial charge is 0.358 e. The van der Waals surface area contributed by atoms with Gasteiger partial charge >= 0.3 is 5.97 Å². The average molecular weight is 477 g/mol. The Balaban J connectivity index is 1.31. The van der Waals surface area contributed by atoms with Crippen molar-refractivity contribution in [3.63, 3.8) is 0 Å². The van der Waals surface area contributed by atoms with Crippen LogP contribution in [0, 0.1) is 0 Å². The Hall–Kier alpha value is -4.18. The summed E-state index contributed by atoms with van der Waals surface area (Å²) in [6.45, 7) is 1.64. The molecule has 1 N–H and O–H groups in total. The number of carbonyl (C=O) groups is 2. The summed E-state index contributed by atoms with van der Waals surface area (Å²) in [4.78, 5) is 24.7. The van der Waals surface area contributed by atoms with E-state index in [1.807, 2.05) is 12.1 Å². The largest absolute Gasteiger partial charge is 0.461 e. The lowest BCUT2D eigenvalue weighted by atomic mass is 10.1. The molecule has 0 bridgehead atoms. The van der Waals surface area contributed by atoms with Crippen molar-refractivity contribution in [3.8, 4) is 5.69 Å². The molecule has 3 aromatic carbocycles. The van der Waals surface area contributed by atoms with Crippen molar-refractivity contribution in [1.29, 1.82) is 0 Å². The van der Waals surface area contributed by atoms with Gasteiger partial charge in [-0.3, -0.25) is 9.10 Å². The third-order valence-electron chi connectivity index (χ3n) is 5.46. The molecular formula is C24H20N4O5S. The number of carbonyl (C=O) groups excluding carboxylic acids is 2. The Bertz CT molecular complexity index is 1520. The second-order valence-electron chi connectivity index (χ2n) is 7.60. The fraction of sp³-hybridized carbons (Fsp3) is 0.125. The molecule has 1 aromatic heterocycles. The SMILES string of the molecule is CCOC(=O)c1ccn(-c2ccc(NC(=O)CN3c4cccc5cccc(c45)S3(=O)=O)cc2)n1. The van der Waals surface area contributed by atoms with E-state index in [-0.39, 0.29) is 23.7 Å². The van der Waals surface area contributed by atoms with Crippen molar-refractivity contribution in [2.24, 2.45) is 0 Å². The van der Waals surface area contributed by atoms with Crippen LogP contribution in [-0.2, 0) is 19.6 Å². The summed E-state index contributed by atoms with van der Waals surface area (Å²) >= 11 is 0. The second kappa shape index (κ2) is 8.31. The molecule has 0 saturated heterocycles. The number of nitrogens with one attached hydrogen (secondary N) is 1. The summed E-state index contributed by atoms with van der Waals surface area (Å²) in [6.07, 6.45) is 1.64. The minimum atomic E-state index is -3.81. The normalized spacial score (nSPS) is 13.7. The molecule has 0 atom stereocenters. The van der Waals surface area contributed by atoms with Crippen LogP contribution in [0.3, 0.4) is 0 Å². The van der Waals surface area contributed by atoms with Crippen LogP contribution in [0.15, 0.2) is 77.8 Å². The summed E-state index contributed by atoms with van der Waals surface area (Å²) in [7, 11) is -3.81. The number of benzene rings is 3. The maximum atomic E-state index is 13.0. The predicted octanol–water partition coefficient (Wildman–Crippen LogP) is 3.35. The predicted molar refractivity (Wildman–Crippen MR) is 127 cm³/mol. The molecule has 172 valence electrons. The first-order valence-corrected chi connectivity index (χ1v) is 12.0. The van der Waals surface area contributed by atoms with E-state index in [4.69, 9.17) is 4.74 Å². The van der Waals surface area contributed by atoms with E-state index in [9.17, 15) is 18.0 Å². The highest BCUT2D eigenvalue weighted by atomic mass is 32.2. The fourth-order valence-corrected chi connectivity index (χ4v) is 5.61. The Morgan fingerprint density at radius 2 is 1.74 bits per heavy atom. The Morgan fingerprint density at radius 1 is 1.00 bits per heavy atom. The van der Waals surface area contributed by atoms with Crippen molar-refractivity contribution in [2.75, 3.05) is 22.8 Å². The van der Waals surface area contributed by atoms with Gasteiger partial charge in [-0.1, -0.05) is 24.3 Å². The van der Waals surface area contributed by atoms with Gasteiger partial charge < -0.3 is 10.1 Å². The number of aromatic nitrogens is 2. The highest BCUT2D eigenvalue weighted by molar-refractivity contribution is 7.93. The van der Waals surface area contributed by atoms with Gasteiger partial charge in [0.2, 0.25) is 5.91 Å². The van der Waals surface area contributed by atoms with Gasteiger partial charge in [-0.15, -0.1) is 0 Å². The molecule has 0 fully saturated rings. The number of sulfonamides is 1. The third kappa shape index (κ3) is 3.67. The number of rotatable bonds is 6. The molecule has 1 aliphatic rings. The lowest BCUT2D eigenvalue weighted by Gasteiger charge is -2.18. The lowest BCUT2D eigenvalue weighted by Crippen LogP contribution is -2.35. The highest BCUT2D eigenvalue weighted by Gasteiger charge is 2.36. The van der Waals surface area contributed by atoms with E-state index in [0.29, 0.717) is 22.4 Å². The lowest BCUT2D eigenvalue weighted by molar-refractivity contribution is -0.114. The van der Waals surface area contributed by atoms with Gasteiger partial charge in [-0.25, -0.2) is 17.9 Å². The van der Waals surface area contributed by atoms with Crippen molar-refractivity contribution in [2.45, 2.75) is 11.8 Å². The zero-order chi connectivity index (χ0) is 23.9. The number of amides is 1. The molecule has 0 saturated carbocycles. The molecule has 2 heterocycles. The standard InChI is InChI=1S/C24H20N4O5S/c1-2-33-24(30)19-13-14-27(26-19)18-11-9-17(10-12-18)25-22(29)15-28-20-7-3-5-16-6-4-8-21(23(16)20)34(28,31)32/h3-14H,2,15H2,1H3,(H,25,29). The molecule has 1 amide bonds. The minimum Gasteiger partial charge on any atom is -0.461 e. The number of hydrogen-bond acceptors (Lipinski definition) is 6. The van der Waals surface area contributed by atoms with E-state index in [1.54, 1.807) is 67.7 Å².